The quantitative estimate of drug-likeness (QED) is 0.641. The van der Waals surface area contributed by atoms with Gasteiger partial charge in [0.15, 0.2) is 5.82 Å². The number of carboxylic acid groups (broad SMARTS) is 1. The summed E-state index contributed by atoms with van der Waals surface area (Å²) in [7, 11) is 0. The first-order valence-electron chi connectivity index (χ1n) is 10.5. The van der Waals surface area contributed by atoms with Gasteiger partial charge >= 0.3 is 5.97 Å². The first-order valence-corrected chi connectivity index (χ1v) is 10.5. The SMILES string of the molecule is C#Cc1cnc(C(=O)Nc2ccc(C3(C(=O)O)CCOCC3)cc2C2=CCCCC2)[nH]1. The molecular formula is C24H25N3O4. The Morgan fingerprint density at radius 2 is 2.06 bits per heavy atom. The number of nitrogens with one attached hydrogen (secondary N) is 2. The van der Waals surface area contributed by atoms with Crippen molar-refractivity contribution in [2.45, 2.75) is 43.9 Å². The van der Waals surface area contributed by atoms with Gasteiger partial charge in [0, 0.05) is 24.5 Å². The topological polar surface area (TPSA) is 104 Å². The smallest absolute Gasteiger partial charge is 0.314 e. The molecule has 1 aromatic carbocycles. The summed E-state index contributed by atoms with van der Waals surface area (Å²) in [5.41, 5.74) is 2.82. The van der Waals surface area contributed by atoms with Gasteiger partial charge in [0.2, 0.25) is 0 Å². The fourth-order valence-corrected chi connectivity index (χ4v) is 4.34. The molecule has 1 aromatic heterocycles. The number of H-pyrrole nitrogens is 1. The van der Waals surface area contributed by atoms with Crippen LogP contribution in [0.1, 0.15) is 66.0 Å². The summed E-state index contributed by atoms with van der Waals surface area (Å²) in [6.07, 6.45) is 13.8. The average molecular weight is 419 g/mol. The zero-order valence-corrected chi connectivity index (χ0v) is 17.2. The van der Waals surface area contributed by atoms with E-state index in [1.54, 1.807) is 12.1 Å². The van der Waals surface area contributed by atoms with Crippen molar-refractivity contribution in [2.75, 3.05) is 18.5 Å². The summed E-state index contributed by atoms with van der Waals surface area (Å²) in [5, 5.41) is 13.0. The number of hydrogen-bond donors (Lipinski definition) is 3. The number of terminal acetylenes is 1. The number of aliphatic carboxylic acids is 1. The molecule has 2 heterocycles. The standard InChI is InChI=1S/C24H25N3O4/c1-2-18-15-25-21(26-18)22(28)27-20-9-8-17(14-19(20)16-6-4-3-5-7-16)24(23(29)30)10-12-31-13-11-24/h1,6,8-9,14-15H,3-5,7,10-13H2,(H,25,26)(H,27,28)(H,29,30). The number of benzene rings is 1. The number of aromatic amines is 1. The van der Waals surface area contributed by atoms with E-state index in [1.807, 2.05) is 6.07 Å². The molecule has 1 aliphatic heterocycles. The van der Waals surface area contributed by atoms with E-state index in [1.165, 1.54) is 6.20 Å². The lowest BCUT2D eigenvalue weighted by Crippen LogP contribution is -2.41. The van der Waals surface area contributed by atoms with Crippen LogP contribution in [0.5, 0.6) is 0 Å². The zero-order valence-electron chi connectivity index (χ0n) is 17.2. The highest BCUT2D eigenvalue weighted by Gasteiger charge is 2.42. The highest BCUT2D eigenvalue weighted by atomic mass is 16.5. The Hall–Kier alpha value is -3.37. The largest absolute Gasteiger partial charge is 0.481 e. The third-order valence-electron chi connectivity index (χ3n) is 6.16. The van der Waals surface area contributed by atoms with Crippen LogP contribution in [-0.2, 0) is 14.9 Å². The highest BCUT2D eigenvalue weighted by molar-refractivity contribution is 6.03. The molecule has 4 rings (SSSR count). The number of anilines is 1. The van der Waals surface area contributed by atoms with E-state index in [-0.39, 0.29) is 5.82 Å². The Balaban J connectivity index is 1.73. The Morgan fingerprint density at radius 3 is 2.71 bits per heavy atom. The van der Waals surface area contributed by atoms with E-state index in [0.29, 0.717) is 37.4 Å². The molecule has 0 atom stereocenters. The van der Waals surface area contributed by atoms with Crippen molar-refractivity contribution in [3.63, 3.8) is 0 Å². The molecule has 2 aromatic rings. The fourth-order valence-electron chi connectivity index (χ4n) is 4.34. The number of amides is 1. The lowest BCUT2D eigenvalue weighted by Gasteiger charge is -2.34. The molecule has 0 spiro atoms. The normalized spacial score (nSPS) is 18.0. The maximum atomic E-state index is 12.7. The van der Waals surface area contributed by atoms with E-state index in [9.17, 15) is 14.7 Å². The monoisotopic (exact) mass is 419 g/mol. The molecule has 1 fully saturated rings. The third-order valence-corrected chi connectivity index (χ3v) is 6.16. The van der Waals surface area contributed by atoms with Gasteiger partial charge < -0.3 is 20.1 Å². The van der Waals surface area contributed by atoms with Crippen molar-refractivity contribution >= 4 is 23.1 Å². The number of imidazole rings is 1. The number of nitrogens with zero attached hydrogens (tertiary/aromatic N) is 1. The molecule has 31 heavy (non-hydrogen) atoms. The van der Waals surface area contributed by atoms with Crippen molar-refractivity contribution in [3.8, 4) is 12.3 Å². The Morgan fingerprint density at radius 1 is 1.26 bits per heavy atom. The Bertz CT molecular complexity index is 1070. The summed E-state index contributed by atoms with van der Waals surface area (Å²) in [6.45, 7) is 0.831. The van der Waals surface area contributed by atoms with Crippen molar-refractivity contribution in [1.29, 1.82) is 0 Å². The van der Waals surface area contributed by atoms with Gasteiger partial charge in [-0.15, -0.1) is 6.42 Å². The predicted octanol–water partition coefficient (Wildman–Crippen LogP) is 3.73. The van der Waals surface area contributed by atoms with Crippen LogP contribution in [-0.4, -0.2) is 40.2 Å². The van der Waals surface area contributed by atoms with E-state index >= 15 is 0 Å². The maximum Gasteiger partial charge on any atom is 0.314 e. The van der Waals surface area contributed by atoms with E-state index < -0.39 is 17.3 Å². The second-order valence-corrected chi connectivity index (χ2v) is 7.98. The van der Waals surface area contributed by atoms with Crippen LogP contribution in [0.15, 0.2) is 30.5 Å². The van der Waals surface area contributed by atoms with Crippen LogP contribution >= 0.6 is 0 Å². The molecule has 1 saturated heterocycles. The number of carbonyl (C=O) groups is 2. The second kappa shape index (κ2) is 8.78. The number of rotatable bonds is 5. The fraction of sp³-hybridized carbons (Fsp3) is 0.375. The first kappa shape index (κ1) is 20.9. The van der Waals surface area contributed by atoms with Gasteiger partial charge in [-0.05, 0) is 61.8 Å². The summed E-state index contributed by atoms with van der Waals surface area (Å²) in [5.74, 6) is 1.31. The maximum absolute atomic E-state index is 12.7. The summed E-state index contributed by atoms with van der Waals surface area (Å²) >= 11 is 0. The number of carboxylic acids is 1. The molecule has 160 valence electrons. The lowest BCUT2D eigenvalue weighted by atomic mass is 9.73. The van der Waals surface area contributed by atoms with Gasteiger partial charge in [-0.3, -0.25) is 9.59 Å². The van der Waals surface area contributed by atoms with E-state index in [4.69, 9.17) is 11.2 Å². The number of allylic oxidation sites excluding steroid dienone is 2. The number of carbonyl (C=O) groups excluding carboxylic acids is 1. The van der Waals surface area contributed by atoms with Crippen molar-refractivity contribution in [1.82, 2.24) is 9.97 Å². The van der Waals surface area contributed by atoms with Crippen LogP contribution in [0.25, 0.3) is 5.57 Å². The second-order valence-electron chi connectivity index (χ2n) is 7.98. The molecule has 0 bridgehead atoms. The number of hydrogen-bond acceptors (Lipinski definition) is 4. The highest BCUT2D eigenvalue weighted by Crippen LogP contribution is 2.40. The summed E-state index contributed by atoms with van der Waals surface area (Å²) in [4.78, 5) is 31.8. The van der Waals surface area contributed by atoms with Gasteiger partial charge in [0.25, 0.3) is 5.91 Å². The van der Waals surface area contributed by atoms with Crippen molar-refractivity contribution < 1.29 is 19.4 Å². The zero-order chi connectivity index (χ0) is 21.8. The summed E-state index contributed by atoms with van der Waals surface area (Å²) in [6, 6.07) is 5.53. The molecule has 1 amide bonds. The van der Waals surface area contributed by atoms with E-state index in [2.05, 4.69) is 27.3 Å². The predicted molar refractivity (Wildman–Crippen MR) is 117 cm³/mol. The average Bonchev–Trinajstić information content (AvgIpc) is 3.30. The van der Waals surface area contributed by atoms with Gasteiger partial charge in [-0.2, -0.15) is 0 Å². The van der Waals surface area contributed by atoms with Crippen LogP contribution in [0.2, 0.25) is 0 Å². The molecule has 0 radical (unpaired) electrons. The van der Waals surface area contributed by atoms with Crippen molar-refractivity contribution in [2.24, 2.45) is 0 Å². The number of ether oxygens (including phenoxy) is 1. The van der Waals surface area contributed by atoms with Crippen LogP contribution < -0.4 is 5.32 Å². The molecule has 0 unspecified atom stereocenters. The third kappa shape index (κ3) is 4.12. The Kier molecular flexibility index (Phi) is 5.92. The van der Waals surface area contributed by atoms with Crippen LogP contribution in [0.3, 0.4) is 0 Å². The Labute approximate surface area is 180 Å². The summed E-state index contributed by atoms with van der Waals surface area (Å²) < 4.78 is 5.42. The molecule has 2 aliphatic rings. The molecule has 3 N–H and O–H groups in total. The molecule has 7 heteroatoms. The van der Waals surface area contributed by atoms with Gasteiger partial charge in [0.1, 0.15) is 5.69 Å². The lowest BCUT2D eigenvalue weighted by molar-refractivity contribution is -0.147. The molecule has 7 nitrogen and oxygen atoms in total. The van der Waals surface area contributed by atoms with Crippen LogP contribution in [0.4, 0.5) is 5.69 Å². The minimum Gasteiger partial charge on any atom is -0.481 e. The molecule has 1 aliphatic carbocycles. The molecule has 0 saturated carbocycles. The first-order chi connectivity index (χ1) is 15.0. The van der Waals surface area contributed by atoms with Crippen molar-refractivity contribution in [3.05, 3.63) is 53.1 Å². The molecular weight excluding hydrogens is 394 g/mol. The van der Waals surface area contributed by atoms with Gasteiger partial charge in [-0.25, -0.2) is 4.98 Å². The van der Waals surface area contributed by atoms with Gasteiger partial charge in [0.05, 0.1) is 11.6 Å². The van der Waals surface area contributed by atoms with Crippen LogP contribution in [0, 0.1) is 12.3 Å². The minimum absolute atomic E-state index is 0.132. The van der Waals surface area contributed by atoms with E-state index in [0.717, 1.165) is 42.4 Å². The minimum atomic E-state index is -0.979. The van der Waals surface area contributed by atoms with Gasteiger partial charge in [-0.1, -0.05) is 18.1 Å². The number of aromatic nitrogens is 2.